The SMILES string of the molecule is CCNC(=O)c1ccc(CNC(=NC)NCc2ncc(C(C)(C)C)o2)cc1. The van der Waals surface area contributed by atoms with Gasteiger partial charge in [-0.05, 0) is 24.6 Å². The van der Waals surface area contributed by atoms with Crippen LogP contribution in [-0.4, -0.2) is 30.4 Å². The van der Waals surface area contributed by atoms with E-state index in [0.29, 0.717) is 37.0 Å². The van der Waals surface area contributed by atoms with Crippen LogP contribution in [0.25, 0.3) is 0 Å². The first kappa shape index (κ1) is 20.5. The van der Waals surface area contributed by atoms with E-state index in [1.54, 1.807) is 13.2 Å². The molecule has 7 heteroatoms. The number of hydrogen-bond donors (Lipinski definition) is 3. The van der Waals surface area contributed by atoms with Gasteiger partial charge in [-0.15, -0.1) is 0 Å². The molecule has 2 aromatic rings. The average molecular weight is 371 g/mol. The molecule has 1 heterocycles. The zero-order valence-electron chi connectivity index (χ0n) is 16.7. The molecule has 0 atom stereocenters. The first-order chi connectivity index (χ1) is 12.8. The van der Waals surface area contributed by atoms with E-state index in [2.05, 4.69) is 46.7 Å². The van der Waals surface area contributed by atoms with Crippen molar-refractivity contribution < 1.29 is 9.21 Å². The van der Waals surface area contributed by atoms with E-state index in [0.717, 1.165) is 11.3 Å². The highest BCUT2D eigenvalue weighted by atomic mass is 16.4. The van der Waals surface area contributed by atoms with Gasteiger partial charge in [-0.1, -0.05) is 32.9 Å². The lowest BCUT2D eigenvalue weighted by molar-refractivity contribution is 0.0956. The summed E-state index contributed by atoms with van der Waals surface area (Å²) in [5.74, 6) is 2.07. The highest BCUT2D eigenvalue weighted by Gasteiger charge is 2.19. The minimum atomic E-state index is -0.0641. The van der Waals surface area contributed by atoms with Crippen LogP contribution in [0.4, 0.5) is 0 Å². The number of nitrogens with one attached hydrogen (secondary N) is 3. The van der Waals surface area contributed by atoms with E-state index in [9.17, 15) is 4.79 Å². The number of guanidine groups is 1. The third-order valence-corrected chi connectivity index (χ3v) is 3.94. The number of oxazole rings is 1. The molecule has 0 bridgehead atoms. The monoisotopic (exact) mass is 371 g/mol. The lowest BCUT2D eigenvalue weighted by Crippen LogP contribution is -2.36. The third-order valence-electron chi connectivity index (χ3n) is 3.94. The van der Waals surface area contributed by atoms with Crippen molar-refractivity contribution in [2.24, 2.45) is 4.99 Å². The second-order valence-corrected chi connectivity index (χ2v) is 7.20. The van der Waals surface area contributed by atoms with Crippen LogP contribution in [0.2, 0.25) is 0 Å². The molecular weight excluding hydrogens is 342 g/mol. The summed E-state index contributed by atoms with van der Waals surface area (Å²) in [5, 5.41) is 9.21. The molecule has 0 unspecified atom stereocenters. The zero-order chi connectivity index (χ0) is 19.9. The Morgan fingerprint density at radius 1 is 1.11 bits per heavy atom. The van der Waals surface area contributed by atoms with Crippen molar-refractivity contribution in [3.05, 3.63) is 53.2 Å². The van der Waals surface area contributed by atoms with Gasteiger partial charge in [0.1, 0.15) is 5.76 Å². The number of carbonyl (C=O) groups excluding carboxylic acids is 1. The third kappa shape index (κ3) is 6.13. The van der Waals surface area contributed by atoms with Crippen LogP contribution in [0.5, 0.6) is 0 Å². The summed E-state index contributed by atoms with van der Waals surface area (Å²) in [7, 11) is 1.71. The van der Waals surface area contributed by atoms with Crippen molar-refractivity contribution in [1.29, 1.82) is 0 Å². The fourth-order valence-corrected chi connectivity index (χ4v) is 2.34. The topological polar surface area (TPSA) is 91.5 Å². The largest absolute Gasteiger partial charge is 0.443 e. The van der Waals surface area contributed by atoms with E-state index in [1.807, 2.05) is 31.2 Å². The molecule has 146 valence electrons. The van der Waals surface area contributed by atoms with Gasteiger partial charge < -0.3 is 20.4 Å². The van der Waals surface area contributed by atoms with Crippen molar-refractivity contribution in [2.75, 3.05) is 13.6 Å². The summed E-state index contributed by atoms with van der Waals surface area (Å²) >= 11 is 0. The van der Waals surface area contributed by atoms with Gasteiger partial charge in [0.15, 0.2) is 5.96 Å². The quantitative estimate of drug-likeness (QED) is 0.536. The zero-order valence-corrected chi connectivity index (χ0v) is 16.7. The van der Waals surface area contributed by atoms with Crippen molar-refractivity contribution in [2.45, 2.75) is 46.2 Å². The highest BCUT2D eigenvalue weighted by molar-refractivity contribution is 5.94. The maximum absolute atomic E-state index is 11.8. The first-order valence-electron chi connectivity index (χ1n) is 9.10. The normalized spacial score (nSPS) is 12.0. The van der Waals surface area contributed by atoms with E-state index in [1.165, 1.54) is 0 Å². The molecule has 1 amide bonds. The molecule has 0 radical (unpaired) electrons. The molecule has 0 aliphatic heterocycles. The molecule has 2 rings (SSSR count). The van der Waals surface area contributed by atoms with Crippen molar-refractivity contribution >= 4 is 11.9 Å². The van der Waals surface area contributed by atoms with Gasteiger partial charge >= 0.3 is 0 Å². The lowest BCUT2D eigenvalue weighted by atomic mass is 9.94. The van der Waals surface area contributed by atoms with Crippen LogP contribution < -0.4 is 16.0 Å². The molecule has 3 N–H and O–H groups in total. The Balaban J connectivity index is 1.85. The number of nitrogens with zero attached hydrogens (tertiary/aromatic N) is 2. The van der Waals surface area contributed by atoms with E-state index in [-0.39, 0.29) is 11.3 Å². The molecule has 27 heavy (non-hydrogen) atoms. The summed E-state index contributed by atoms with van der Waals surface area (Å²) in [6, 6.07) is 7.49. The van der Waals surface area contributed by atoms with Gasteiger partial charge in [0.2, 0.25) is 5.89 Å². The second kappa shape index (κ2) is 9.21. The van der Waals surface area contributed by atoms with Gasteiger partial charge in [0.25, 0.3) is 5.91 Å². The summed E-state index contributed by atoms with van der Waals surface area (Å²) in [4.78, 5) is 20.3. The second-order valence-electron chi connectivity index (χ2n) is 7.20. The number of amides is 1. The Bertz CT molecular complexity index is 772. The Hall–Kier alpha value is -2.83. The number of carbonyl (C=O) groups is 1. The fraction of sp³-hybridized carbons (Fsp3) is 0.450. The predicted octanol–water partition coefficient (Wildman–Crippen LogP) is 2.59. The lowest BCUT2D eigenvalue weighted by Gasteiger charge is -2.13. The van der Waals surface area contributed by atoms with Gasteiger partial charge in [-0.3, -0.25) is 9.79 Å². The molecule has 0 saturated heterocycles. The minimum absolute atomic E-state index is 0.0601. The molecule has 0 saturated carbocycles. The number of aliphatic imine (C=N–C) groups is 1. The molecule has 0 fully saturated rings. The molecule has 1 aromatic heterocycles. The summed E-state index contributed by atoms with van der Waals surface area (Å²) < 4.78 is 5.77. The molecule has 0 aliphatic rings. The van der Waals surface area contributed by atoms with Crippen LogP contribution in [0.15, 0.2) is 39.9 Å². The maximum atomic E-state index is 11.8. The average Bonchev–Trinajstić information content (AvgIpc) is 3.12. The van der Waals surface area contributed by atoms with Gasteiger partial charge in [0.05, 0.1) is 12.7 Å². The van der Waals surface area contributed by atoms with Gasteiger partial charge in [0, 0.05) is 31.1 Å². The summed E-state index contributed by atoms with van der Waals surface area (Å²) in [6.07, 6.45) is 1.77. The minimum Gasteiger partial charge on any atom is -0.443 e. The molecule has 1 aromatic carbocycles. The number of hydrogen-bond acceptors (Lipinski definition) is 4. The Morgan fingerprint density at radius 3 is 2.33 bits per heavy atom. The van der Waals surface area contributed by atoms with E-state index >= 15 is 0 Å². The van der Waals surface area contributed by atoms with Crippen LogP contribution >= 0.6 is 0 Å². The van der Waals surface area contributed by atoms with Crippen molar-refractivity contribution in [1.82, 2.24) is 20.9 Å². The smallest absolute Gasteiger partial charge is 0.251 e. The first-order valence-corrected chi connectivity index (χ1v) is 9.10. The highest BCUT2D eigenvalue weighted by Crippen LogP contribution is 2.22. The van der Waals surface area contributed by atoms with E-state index < -0.39 is 0 Å². The Kier molecular flexibility index (Phi) is 6.98. The summed E-state index contributed by atoms with van der Waals surface area (Å²) in [6.45, 7) is 9.82. The van der Waals surface area contributed by atoms with E-state index in [4.69, 9.17) is 4.42 Å². The number of benzene rings is 1. The maximum Gasteiger partial charge on any atom is 0.251 e. The van der Waals surface area contributed by atoms with Crippen LogP contribution in [0, 0.1) is 0 Å². The Morgan fingerprint density at radius 2 is 1.78 bits per heavy atom. The van der Waals surface area contributed by atoms with Crippen molar-refractivity contribution in [3.63, 3.8) is 0 Å². The van der Waals surface area contributed by atoms with Crippen LogP contribution in [0.1, 0.15) is 55.3 Å². The number of rotatable bonds is 6. The predicted molar refractivity (Wildman–Crippen MR) is 107 cm³/mol. The summed E-state index contributed by atoms with van der Waals surface area (Å²) in [5.41, 5.74) is 1.64. The van der Waals surface area contributed by atoms with Crippen molar-refractivity contribution in [3.8, 4) is 0 Å². The van der Waals surface area contributed by atoms with Gasteiger partial charge in [-0.2, -0.15) is 0 Å². The molecule has 0 aliphatic carbocycles. The molecular formula is C20H29N5O2. The molecule has 0 spiro atoms. The standard InChI is InChI=1S/C20H29N5O2/c1-6-22-18(26)15-9-7-14(8-10-15)11-24-19(21-5)25-13-17-23-12-16(27-17)20(2,3)4/h7-10,12H,6,11,13H2,1-5H3,(H,22,26)(H2,21,24,25). The number of aromatic nitrogens is 1. The van der Waals surface area contributed by atoms with Crippen LogP contribution in [-0.2, 0) is 18.5 Å². The van der Waals surface area contributed by atoms with Crippen LogP contribution in [0.3, 0.4) is 0 Å². The fourth-order valence-electron chi connectivity index (χ4n) is 2.34. The molecule has 7 nitrogen and oxygen atoms in total. The Labute approximate surface area is 160 Å². The van der Waals surface area contributed by atoms with Gasteiger partial charge in [-0.25, -0.2) is 4.98 Å².